The molecule has 1 heterocycles. The molecule has 1 amide bonds. The predicted molar refractivity (Wildman–Crippen MR) is 82.6 cm³/mol. The third-order valence-electron chi connectivity index (χ3n) is 3.85. The fraction of sp³-hybridized carbons (Fsp3) is 0.375. The largest absolute Gasteiger partial charge is 0.460 e. The van der Waals surface area contributed by atoms with E-state index in [4.69, 9.17) is 4.74 Å². The number of hydrogen-bond acceptors (Lipinski definition) is 5. The van der Waals surface area contributed by atoms with Crippen molar-refractivity contribution >= 4 is 17.6 Å². The van der Waals surface area contributed by atoms with Gasteiger partial charge in [-0.3, -0.25) is 4.79 Å². The van der Waals surface area contributed by atoms with Crippen LogP contribution >= 0.6 is 0 Å². The first-order chi connectivity index (χ1) is 11.1. The van der Waals surface area contributed by atoms with Crippen LogP contribution in [0.2, 0.25) is 0 Å². The van der Waals surface area contributed by atoms with Gasteiger partial charge >= 0.3 is 5.97 Å². The van der Waals surface area contributed by atoms with Crippen LogP contribution in [0.15, 0.2) is 36.9 Å². The molecule has 2 atom stereocenters. The van der Waals surface area contributed by atoms with Crippen LogP contribution in [0.4, 0.5) is 5.69 Å². The fourth-order valence-corrected chi connectivity index (χ4v) is 2.28. The number of hydrogen-bond donors (Lipinski definition) is 1. The van der Waals surface area contributed by atoms with Gasteiger partial charge < -0.3 is 10.1 Å². The molecular weight excluding hydrogens is 296 g/mol. The SMILES string of the molecule is C[C@H]1C[C@H]1C(=O)Nc1ccc(C(=O)OCCn2cncn2)cc1. The van der Waals surface area contributed by atoms with E-state index in [1.54, 1.807) is 35.3 Å². The summed E-state index contributed by atoms with van der Waals surface area (Å²) in [6, 6.07) is 6.70. The van der Waals surface area contributed by atoms with Gasteiger partial charge in [0.25, 0.3) is 0 Å². The number of carbonyl (C=O) groups is 2. The molecule has 120 valence electrons. The van der Waals surface area contributed by atoms with Gasteiger partial charge in [-0.25, -0.2) is 14.5 Å². The molecule has 1 aromatic heterocycles. The summed E-state index contributed by atoms with van der Waals surface area (Å²) in [5.74, 6) is 0.227. The first-order valence-corrected chi connectivity index (χ1v) is 7.54. The molecule has 1 fully saturated rings. The monoisotopic (exact) mass is 314 g/mol. The van der Waals surface area contributed by atoms with Crippen LogP contribution in [0, 0.1) is 11.8 Å². The van der Waals surface area contributed by atoms with E-state index in [2.05, 4.69) is 22.3 Å². The number of carbonyl (C=O) groups excluding carboxylic acids is 2. The van der Waals surface area contributed by atoms with E-state index < -0.39 is 5.97 Å². The van der Waals surface area contributed by atoms with Crippen LogP contribution in [0.5, 0.6) is 0 Å². The molecule has 0 aliphatic heterocycles. The van der Waals surface area contributed by atoms with Crippen LogP contribution in [0.25, 0.3) is 0 Å². The molecule has 1 aromatic carbocycles. The van der Waals surface area contributed by atoms with Gasteiger partial charge in [0.2, 0.25) is 5.91 Å². The zero-order chi connectivity index (χ0) is 16.2. The Labute approximate surface area is 133 Å². The standard InChI is InChI=1S/C16H18N4O3/c1-11-8-14(11)15(21)19-13-4-2-12(3-5-13)16(22)23-7-6-20-10-17-9-18-20/h2-5,9-11,14H,6-8H2,1H3,(H,19,21)/t11-,14+/m0/s1. The minimum atomic E-state index is -0.404. The van der Waals surface area contributed by atoms with E-state index in [1.165, 1.54) is 6.33 Å². The zero-order valence-corrected chi connectivity index (χ0v) is 12.8. The highest BCUT2D eigenvalue weighted by atomic mass is 16.5. The normalized spacial score (nSPS) is 19.2. The van der Waals surface area contributed by atoms with Crippen molar-refractivity contribution in [3.05, 3.63) is 42.5 Å². The third-order valence-corrected chi connectivity index (χ3v) is 3.85. The maximum Gasteiger partial charge on any atom is 0.338 e. The average molecular weight is 314 g/mol. The minimum Gasteiger partial charge on any atom is -0.460 e. The van der Waals surface area contributed by atoms with Crippen LogP contribution in [0.1, 0.15) is 23.7 Å². The van der Waals surface area contributed by atoms with Gasteiger partial charge in [0.05, 0.1) is 12.1 Å². The average Bonchev–Trinajstić information content (AvgIpc) is 3.06. The second-order valence-electron chi connectivity index (χ2n) is 5.68. The van der Waals surface area contributed by atoms with Crippen LogP contribution in [-0.4, -0.2) is 33.2 Å². The van der Waals surface area contributed by atoms with E-state index in [0.717, 1.165) is 6.42 Å². The van der Waals surface area contributed by atoms with E-state index in [9.17, 15) is 9.59 Å². The predicted octanol–water partition coefficient (Wildman–Crippen LogP) is 1.73. The van der Waals surface area contributed by atoms with Crippen molar-refractivity contribution < 1.29 is 14.3 Å². The van der Waals surface area contributed by atoms with Crippen molar-refractivity contribution in [2.24, 2.45) is 11.8 Å². The highest BCUT2D eigenvalue weighted by molar-refractivity contribution is 5.95. The molecule has 1 aliphatic rings. The number of aromatic nitrogens is 3. The van der Waals surface area contributed by atoms with Gasteiger partial charge in [-0.15, -0.1) is 0 Å². The molecule has 3 rings (SSSR count). The molecule has 0 spiro atoms. The lowest BCUT2D eigenvalue weighted by molar-refractivity contribution is -0.117. The van der Waals surface area contributed by atoms with Crippen molar-refractivity contribution in [1.29, 1.82) is 0 Å². The quantitative estimate of drug-likeness (QED) is 0.821. The summed E-state index contributed by atoms with van der Waals surface area (Å²) >= 11 is 0. The number of amides is 1. The number of benzene rings is 1. The molecule has 1 aliphatic carbocycles. The molecule has 7 heteroatoms. The Morgan fingerprint density at radius 3 is 2.70 bits per heavy atom. The van der Waals surface area contributed by atoms with Crippen molar-refractivity contribution in [2.75, 3.05) is 11.9 Å². The van der Waals surface area contributed by atoms with E-state index >= 15 is 0 Å². The highest BCUT2D eigenvalue weighted by Crippen LogP contribution is 2.38. The number of esters is 1. The number of nitrogens with zero attached hydrogens (tertiary/aromatic N) is 3. The Kier molecular flexibility index (Phi) is 4.36. The minimum absolute atomic E-state index is 0.0423. The lowest BCUT2D eigenvalue weighted by atomic mass is 10.2. The molecule has 0 radical (unpaired) electrons. The molecule has 2 aromatic rings. The lowest BCUT2D eigenvalue weighted by Crippen LogP contribution is -2.15. The number of anilines is 1. The maximum atomic E-state index is 11.9. The number of rotatable bonds is 6. The van der Waals surface area contributed by atoms with Gasteiger partial charge in [0, 0.05) is 11.6 Å². The molecule has 1 saturated carbocycles. The molecule has 7 nitrogen and oxygen atoms in total. The fourth-order valence-electron chi connectivity index (χ4n) is 2.28. The summed E-state index contributed by atoms with van der Waals surface area (Å²) in [7, 11) is 0. The first kappa shape index (κ1) is 15.2. The van der Waals surface area contributed by atoms with Crippen LogP contribution < -0.4 is 5.32 Å². The van der Waals surface area contributed by atoms with Gasteiger partial charge in [0.1, 0.15) is 19.3 Å². The van der Waals surface area contributed by atoms with E-state index in [0.29, 0.717) is 23.7 Å². The van der Waals surface area contributed by atoms with Crippen molar-refractivity contribution in [1.82, 2.24) is 14.8 Å². The van der Waals surface area contributed by atoms with E-state index in [1.807, 2.05) is 0 Å². The number of nitrogens with one attached hydrogen (secondary N) is 1. The summed E-state index contributed by atoms with van der Waals surface area (Å²) in [4.78, 5) is 27.6. The molecule has 0 saturated heterocycles. The molecule has 0 unspecified atom stereocenters. The van der Waals surface area contributed by atoms with Crippen LogP contribution in [0.3, 0.4) is 0 Å². The van der Waals surface area contributed by atoms with Gasteiger partial charge in [-0.05, 0) is 36.6 Å². The van der Waals surface area contributed by atoms with Gasteiger partial charge in [0.15, 0.2) is 0 Å². The summed E-state index contributed by atoms with van der Waals surface area (Å²) in [5, 5.41) is 6.78. The Bertz CT molecular complexity index is 682. The van der Waals surface area contributed by atoms with Crippen molar-refractivity contribution in [3.63, 3.8) is 0 Å². The second-order valence-corrected chi connectivity index (χ2v) is 5.68. The Morgan fingerprint density at radius 1 is 1.35 bits per heavy atom. The molecule has 23 heavy (non-hydrogen) atoms. The summed E-state index contributed by atoms with van der Waals surface area (Å²) < 4.78 is 6.76. The van der Waals surface area contributed by atoms with Crippen molar-refractivity contribution in [3.8, 4) is 0 Å². The number of ether oxygens (including phenoxy) is 1. The highest BCUT2D eigenvalue weighted by Gasteiger charge is 2.39. The Balaban J connectivity index is 1.48. The molecular formula is C16H18N4O3. The van der Waals surface area contributed by atoms with Gasteiger partial charge in [-0.1, -0.05) is 6.92 Å². The molecule has 1 N–H and O–H groups in total. The van der Waals surface area contributed by atoms with Gasteiger partial charge in [-0.2, -0.15) is 5.10 Å². The Hall–Kier alpha value is -2.70. The topological polar surface area (TPSA) is 86.1 Å². The Morgan fingerprint density at radius 2 is 2.09 bits per heavy atom. The summed E-state index contributed by atoms with van der Waals surface area (Å²) in [5.41, 5.74) is 1.13. The van der Waals surface area contributed by atoms with Crippen molar-refractivity contribution in [2.45, 2.75) is 19.9 Å². The summed E-state index contributed by atoms with van der Waals surface area (Å²) in [6.07, 6.45) is 3.94. The summed E-state index contributed by atoms with van der Waals surface area (Å²) in [6.45, 7) is 2.74. The lowest BCUT2D eigenvalue weighted by Gasteiger charge is -2.07. The van der Waals surface area contributed by atoms with E-state index in [-0.39, 0.29) is 18.4 Å². The smallest absolute Gasteiger partial charge is 0.338 e. The third kappa shape index (κ3) is 3.94. The maximum absolute atomic E-state index is 11.9. The molecule has 0 bridgehead atoms. The first-order valence-electron chi connectivity index (χ1n) is 7.54. The second kappa shape index (κ2) is 6.60. The van der Waals surface area contributed by atoms with Crippen LogP contribution in [-0.2, 0) is 16.1 Å². The zero-order valence-electron chi connectivity index (χ0n) is 12.8.